The van der Waals surface area contributed by atoms with Gasteiger partial charge in [-0.1, -0.05) is 12.1 Å². The lowest BCUT2D eigenvalue weighted by Gasteiger charge is -2.27. The first kappa shape index (κ1) is 14.6. The predicted octanol–water partition coefficient (Wildman–Crippen LogP) is 0.228. The molecular weight excluding hydrogens is 290 g/mol. The monoisotopic (exact) mass is 307 g/mol. The largest absolute Gasteiger partial charge is 0.485 e. The summed E-state index contributed by atoms with van der Waals surface area (Å²) in [5, 5.41) is 0. The van der Waals surface area contributed by atoms with Crippen LogP contribution in [0.1, 0.15) is 0 Å². The fraction of sp³-hybridized carbons (Fsp3) is 0.467. The predicted molar refractivity (Wildman–Crippen MR) is 74.7 cm³/mol. The normalized spacial score (nSPS) is 20.4. The molecule has 0 aliphatic carbocycles. The maximum Gasteiger partial charge on any atom is 0.351 e. The van der Waals surface area contributed by atoms with E-state index in [1.807, 2.05) is 6.07 Å². The Morgan fingerprint density at radius 2 is 1.91 bits per heavy atom. The number of hydrogen-bond donors (Lipinski definition) is 0. The van der Waals surface area contributed by atoms with E-state index >= 15 is 0 Å². The van der Waals surface area contributed by atoms with E-state index < -0.39 is 12.1 Å². The van der Waals surface area contributed by atoms with Crippen LogP contribution >= 0.6 is 0 Å². The molecule has 22 heavy (non-hydrogen) atoms. The molecule has 1 aromatic carbocycles. The molecular formula is C15H17NO6. The Balaban J connectivity index is 1.49. The molecule has 0 saturated carbocycles. The summed E-state index contributed by atoms with van der Waals surface area (Å²) in [6.45, 7) is 1.84. The second-order valence-corrected chi connectivity index (χ2v) is 4.97. The molecule has 0 unspecified atom stereocenters. The van der Waals surface area contributed by atoms with Gasteiger partial charge in [-0.2, -0.15) is 0 Å². The van der Waals surface area contributed by atoms with Crippen molar-refractivity contribution in [3.05, 3.63) is 24.3 Å². The van der Waals surface area contributed by atoms with Gasteiger partial charge >= 0.3 is 5.97 Å². The van der Waals surface area contributed by atoms with E-state index in [4.69, 9.17) is 18.9 Å². The van der Waals surface area contributed by atoms with Crippen molar-refractivity contribution in [2.45, 2.75) is 6.10 Å². The fourth-order valence-electron chi connectivity index (χ4n) is 2.27. The van der Waals surface area contributed by atoms with Gasteiger partial charge in [0.2, 0.25) is 6.10 Å². The Morgan fingerprint density at radius 3 is 2.68 bits per heavy atom. The molecule has 1 saturated heterocycles. The Bertz CT molecular complexity index is 555. The number of morpholine rings is 1. The summed E-state index contributed by atoms with van der Waals surface area (Å²) in [5.41, 5.74) is 0. The van der Waals surface area contributed by atoms with Crippen molar-refractivity contribution in [2.24, 2.45) is 0 Å². The van der Waals surface area contributed by atoms with Crippen molar-refractivity contribution in [2.75, 3.05) is 39.5 Å². The van der Waals surface area contributed by atoms with Crippen molar-refractivity contribution in [3.63, 3.8) is 0 Å². The number of amides is 1. The molecule has 2 heterocycles. The minimum absolute atomic E-state index is 0.0710. The van der Waals surface area contributed by atoms with Crippen LogP contribution in [0.25, 0.3) is 0 Å². The number of rotatable bonds is 3. The summed E-state index contributed by atoms with van der Waals surface area (Å²) in [7, 11) is 0. The van der Waals surface area contributed by atoms with Crippen molar-refractivity contribution in [1.29, 1.82) is 0 Å². The van der Waals surface area contributed by atoms with Gasteiger partial charge in [-0.15, -0.1) is 0 Å². The highest BCUT2D eigenvalue weighted by molar-refractivity contribution is 5.82. The number of hydrogen-bond acceptors (Lipinski definition) is 6. The molecule has 0 aromatic heterocycles. The second-order valence-electron chi connectivity index (χ2n) is 4.97. The molecule has 0 radical (unpaired) electrons. The van der Waals surface area contributed by atoms with Crippen LogP contribution in [0.4, 0.5) is 0 Å². The molecule has 1 aromatic rings. The number of fused-ring (bicyclic) bond motifs is 1. The van der Waals surface area contributed by atoms with Gasteiger partial charge in [0.15, 0.2) is 18.1 Å². The average Bonchev–Trinajstić information content (AvgIpc) is 2.59. The quantitative estimate of drug-likeness (QED) is 0.744. The average molecular weight is 307 g/mol. The van der Waals surface area contributed by atoms with Crippen LogP contribution in [0, 0.1) is 0 Å². The minimum Gasteiger partial charge on any atom is -0.485 e. The lowest BCUT2D eigenvalue weighted by Crippen LogP contribution is -2.44. The summed E-state index contributed by atoms with van der Waals surface area (Å²) < 4.78 is 21.2. The summed E-state index contributed by atoms with van der Waals surface area (Å²) >= 11 is 0. The van der Waals surface area contributed by atoms with E-state index in [-0.39, 0.29) is 19.1 Å². The molecule has 2 aliphatic heterocycles. The van der Waals surface area contributed by atoms with E-state index in [1.165, 1.54) is 0 Å². The molecule has 1 atom stereocenters. The zero-order valence-corrected chi connectivity index (χ0v) is 12.0. The maximum atomic E-state index is 12.0. The molecule has 7 heteroatoms. The molecule has 0 spiro atoms. The van der Waals surface area contributed by atoms with Crippen LogP contribution in [0.5, 0.6) is 11.5 Å². The molecule has 0 bridgehead atoms. The molecule has 2 aliphatic rings. The third kappa shape index (κ3) is 3.30. The second kappa shape index (κ2) is 6.65. The van der Waals surface area contributed by atoms with Crippen LogP contribution in [0.3, 0.4) is 0 Å². The third-order valence-electron chi connectivity index (χ3n) is 3.47. The zero-order valence-electron chi connectivity index (χ0n) is 12.0. The van der Waals surface area contributed by atoms with Crippen LogP contribution < -0.4 is 9.47 Å². The number of esters is 1. The van der Waals surface area contributed by atoms with E-state index in [1.54, 1.807) is 23.1 Å². The van der Waals surface area contributed by atoms with E-state index in [2.05, 4.69) is 0 Å². The smallest absolute Gasteiger partial charge is 0.351 e. The highest BCUT2D eigenvalue weighted by Crippen LogP contribution is 2.31. The van der Waals surface area contributed by atoms with Crippen LogP contribution in [-0.2, 0) is 19.1 Å². The maximum absolute atomic E-state index is 12.0. The molecule has 118 valence electrons. The van der Waals surface area contributed by atoms with Crippen molar-refractivity contribution in [3.8, 4) is 11.5 Å². The first-order valence-corrected chi connectivity index (χ1v) is 7.14. The topological polar surface area (TPSA) is 74.3 Å². The first-order valence-electron chi connectivity index (χ1n) is 7.14. The number of ether oxygens (including phenoxy) is 4. The Morgan fingerprint density at radius 1 is 1.18 bits per heavy atom. The number of nitrogens with zero attached hydrogens (tertiary/aromatic N) is 1. The Hall–Kier alpha value is -2.28. The lowest BCUT2D eigenvalue weighted by atomic mass is 10.2. The van der Waals surface area contributed by atoms with Crippen LogP contribution in [-0.4, -0.2) is 62.4 Å². The van der Waals surface area contributed by atoms with Gasteiger partial charge in [-0.05, 0) is 12.1 Å². The number of benzene rings is 1. The van der Waals surface area contributed by atoms with E-state index in [9.17, 15) is 9.59 Å². The zero-order chi connectivity index (χ0) is 15.4. The number of para-hydroxylation sites is 2. The minimum atomic E-state index is -0.854. The summed E-state index contributed by atoms with van der Waals surface area (Å²) in [6.07, 6.45) is -0.854. The molecule has 1 fully saturated rings. The van der Waals surface area contributed by atoms with E-state index in [0.29, 0.717) is 37.8 Å². The Kier molecular flexibility index (Phi) is 4.43. The van der Waals surface area contributed by atoms with E-state index in [0.717, 1.165) is 0 Å². The van der Waals surface area contributed by atoms with Gasteiger partial charge < -0.3 is 23.8 Å². The van der Waals surface area contributed by atoms with Gasteiger partial charge in [0, 0.05) is 13.1 Å². The standard InChI is InChI=1S/C15H17NO6/c17-14(16-5-7-19-8-6-16)10-21-15(18)13-9-20-11-3-1-2-4-12(11)22-13/h1-4,13H,5-10H2/t13-/m0/s1. The van der Waals surface area contributed by atoms with Gasteiger partial charge in [0.05, 0.1) is 13.2 Å². The summed E-state index contributed by atoms with van der Waals surface area (Å²) in [6, 6.07) is 7.09. The Labute approximate surface area is 127 Å². The van der Waals surface area contributed by atoms with Gasteiger partial charge in [0.1, 0.15) is 6.61 Å². The van der Waals surface area contributed by atoms with Crippen LogP contribution in [0.15, 0.2) is 24.3 Å². The number of carbonyl (C=O) groups excluding carboxylic acids is 2. The molecule has 3 rings (SSSR count). The fourth-order valence-corrected chi connectivity index (χ4v) is 2.27. The molecule has 0 N–H and O–H groups in total. The third-order valence-corrected chi connectivity index (χ3v) is 3.47. The van der Waals surface area contributed by atoms with Crippen molar-refractivity contribution < 1.29 is 28.5 Å². The highest BCUT2D eigenvalue weighted by atomic mass is 16.6. The molecule has 1 amide bonds. The highest BCUT2D eigenvalue weighted by Gasteiger charge is 2.29. The first-order chi connectivity index (χ1) is 10.7. The summed E-state index contributed by atoms with van der Waals surface area (Å²) in [5.74, 6) is 0.260. The van der Waals surface area contributed by atoms with Gasteiger partial charge in [0.25, 0.3) is 5.91 Å². The van der Waals surface area contributed by atoms with Crippen molar-refractivity contribution in [1.82, 2.24) is 4.90 Å². The van der Waals surface area contributed by atoms with Crippen molar-refractivity contribution >= 4 is 11.9 Å². The molecule has 7 nitrogen and oxygen atoms in total. The SMILES string of the molecule is O=C(OCC(=O)N1CCOCC1)[C@@H]1COc2ccccc2O1. The lowest BCUT2D eigenvalue weighted by molar-refractivity contribution is -0.161. The van der Waals surface area contributed by atoms with Crippen LogP contribution in [0.2, 0.25) is 0 Å². The number of carbonyl (C=O) groups is 2. The van der Waals surface area contributed by atoms with Gasteiger partial charge in [-0.25, -0.2) is 4.79 Å². The summed E-state index contributed by atoms with van der Waals surface area (Å²) in [4.78, 5) is 25.5. The van der Waals surface area contributed by atoms with Gasteiger partial charge in [-0.3, -0.25) is 4.79 Å².